The smallest absolute Gasteiger partial charge is 0.165 e. The van der Waals surface area contributed by atoms with Crippen molar-refractivity contribution in [3.63, 3.8) is 0 Å². The first-order chi connectivity index (χ1) is 27.5. The van der Waals surface area contributed by atoms with E-state index in [1.165, 1.54) is 64.2 Å². The molecule has 1 atom stereocenters. The van der Waals surface area contributed by atoms with E-state index in [1.54, 1.807) is 24.4 Å². The number of carbonyl (C=O) groups excluding carboxylic acids is 2. The van der Waals surface area contributed by atoms with Gasteiger partial charge in [0.15, 0.2) is 23.1 Å². The van der Waals surface area contributed by atoms with Gasteiger partial charge in [0.1, 0.15) is 5.75 Å². The van der Waals surface area contributed by atoms with Gasteiger partial charge < -0.3 is 31.4 Å². The zero-order chi connectivity index (χ0) is 40.0. The topological polar surface area (TPSA) is 152 Å². The molecule has 7 N–H and O–H groups in total. The number of aromatic hydroxyl groups is 2. The van der Waals surface area contributed by atoms with Gasteiger partial charge in [-0.2, -0.15) is 0 Å². The average molecular weight is 768 g/mol. The highest BCUT2D eigenvalue weighted by molar-refractivity contribution is 5.98. The lowest BCUT2D eigenvalue weighted by molar-refractivity contribution is -0.114. The second-order valence-electron chi connectivity index (χ2n) is 17.1. The lowest BCUT2D eigenvalue weighted by Gasteiger charge is -2.31. The van der Waals surface area contributed by atoms with Crippen LogP contribution in [0.15, 0.2) is 79.0 Å². The minimum absolute atomic E-state index is 0.0360. The second-order valence-corrected chi connectivity index (χ2v) is 17.1. The number of hydrogen-bond donors (Lipinski definition) is 5. The zero-order valence-electron chi connectivity index (χ0n) is 33.2. The quantitative estimate of drug-likeness (QED) is 0.0487. The maximum absolute atomic E-state index is 13.7. The maximum atomic E-state index is 13.7. The first kappa shape index (κ1) is 40.1. The molecule has 57 heavy (non-hydrogen) atoms. The summed E-state index contributed by atoms with van der Waals surface area (Å²) in [6.07, 6.45) is 19.8. The summed E-state index contributed by atoms with van der Waals surface area (Å²) in [5, 5.41) is 21.9. The molecule has 0 bridgehead atoms. The third-order valence-electron chi connectivity index (χ3n) is 12.9. The van der Waals surface area contributed by atoms with Crippen LogP contribution in [0, 0.1) is 22.7 Å². The molecule has 1 aromatic heterocycles. The Hall–Kier alpha value is -5.10. The Bertz CT molecular complexity index is 2170. The average Bonchev–Trinajstić information content (AvgIpc) is 3.99. The van der Waals surface area contributed by atoms with Gasteiger partial charge in [-0.15, -0.1) is 0 Å². The second kappa shape index (κ2) is 17.6. The van der Waals surface area contributed by atoms with Crippen LogP contribution in [0.2, 0.25) is 0 Å². The number of aryl methyl sites for hydroxylation is 1. The van der Waals surface area contributed by atoms with E-state index < -0.39 is 12.1 Å². The number of H-pyrrole nitrogens is 1. The molecule has 0 amide bonds. The van der Waals surface area contributed by atoms with Crippen molar-refractivity contribution in [2.75, 3.05) is 6.61 Å². The Kier molecular flexibility index (Phi) is 12.4. The van der Waals surface area contributed by atoms with E-state index >= 15 is 0 Å². The van der Waals surface area contributed by atoms with Crippen LogP contribution in [0.1, 0.15) is 145 Å². The van der Waals surface area contributed by atoms with Crippen LogP contribution in [-0.4, -0.2) is 33.4 Å². The number of phenols is 2. The largest absolute Gasteiger partial charge is 0.508 e. The standard InChI is InChI=1S/C49H57N3O5/c1-48(20-2-3-21-48)25-26-49(22-4-5-23-49)24-17-37(53)13-9-33-11-16-44(55)46(30-33)57-28-19-34-10-15-43(54)41(29-34)40-32-45(56)39-18-27-52-42(39)8-6-7-35-31-36(47(50)51)12-14-38(35)40/h10-12,14-18,24,27,29-31,40,47,52,54-55H,2-5,8-9,13,19-23,25-26,28,32,50-51H2,1H3/b24-17+/t40-/m1/s1. The van der Waals surface area contributed by atoms with E-state index in [1.807, 2.05) is 48.5 Å². The molecule has 0 radical (unpaired) electrons. The first-order valence-electron chi connectivity index (χ1n) is 20.8. The summed E-state index contributed by atoms with van der Waals surface area (Å²) in [5.74, 6) is 6.55. The molecule has 8 heteroatoms. The summed E-state index contributed by atoms with van der Waals surface area (Å²) >= 11 is 0. The fourth-order valence-corrected chi connectivity index (χ4v) is 9.29. The predicted octanol–water partition coefficient (Wildman–Crippen LogP) is 9.25. The van der Waals surface area contributed by atoms with Gasteiger partial charge in [-0.3, -0.25) is 9.59 Å². The molecule has 7 rings (SSSR count). The zero-order valence-corrected chi connectivity index (χ0v) is 33.2. The number of nitrogens with two attached hydrogens (primary N) is 2. The number of aromatic amines is 1. The number of ether oxygens (including phenoxy) is 1. The maximum Gasteiger partial charge on any atom is 0.165 e. The molecule has 3 aliphatic rings. The number of ketones is 2. The van der Waals surface area contributed by atoms with Crippen LogP contribution in [0.25, 0.3) is 0 Å². The van der Waals surface area contributed by atoms with Crippen molar-refractivity contribution in [1.82, 2.24) is 4.98 Å². The Labute approximate surface area is 337 Å². The molecule has 0 saturated heterocycles. The summed E-state index contributed by atoms with van der Waals surface area (Å²) in [5.41, 5.74) is 18.7. The van der Waals surface area contributed by atoms with Gasteiger partial charge in [0, 0.05) is 53.8 Å². The van der Waals surface area contributed by atoms with Crippen LogP contribution in [0.5, 0.6) is 17.2 Å². The van der Waals surface area contributed by atoms with Crippen molar-refractivity contribution >= 4 is 11.6 Å². The third-order valence-corrected chi connectivity index (χ3v) is 12.9. The van der Waals surface area contributed by atoms with Crippen LogP contribution < -0.4 is 16.2 Å². The highest BCUT2D eigenvalue weighted by Gasteiger charge is 2.36. The van der Waals surface area contributed by atoms with E-state index in [9.17, 15) is 19.8 Å². The Morgan fingerprint density at radius 1 is 0.912 bits per heavy atom. The summed E-state index contributed by atoms with van der Waals surface area (Å²) < 4.78 is 6.10. The monoisotopic (exact) mass is 767 g/mol. The van der Waals surface area contributed by atoms with Gasteiger partial charge in [-0.1, -0.05) is 80.9 Å². The summed E-state index contributed by atoms with van der Waals surface area (Å²) in [7, 11) is 0. The van der Waals surface area contributed by atoms with Crippen molar-refractivity contribution in [3.05, 3.63) is 124 Å². The van der Waals surface area contributed by atoms with Crippen LogP contribution in [-0.2, 0) is 24.1 Å². The SMILES string of the molecule is CC1(CCC2(/C=C/C(=O)CCc3ccc(O)c(OCCc4ccc(O)c([C@@H]5CC(=O)c6cc[nH]c6CC#Cc6cc(C(N)N)ccc65)c4)c3)CCCC2)CCCC1. The molecule has 3 aromatic carbocycles. The molecule has 298 valence electrons. The molecular weight excluding hydrogens is 711 g/mol. The number of carbonyl (C=O) groups is 2. The number of benzene rings is 3. The summed E-state index contributed by atoms with van der Waals surface area (Å²) in [6, 6.07) is 18.1. The molecule has 8 nitrogen and oxygen atoms in total. The summed E-state index contributed by atoms with van der Waals surface area (Å²) in [4.78, 5) is 30.0. The third kappa shape index (κ3) is 9.72. The van der Waals surface area contributed by atoms with Gasteiger partial charge in [-0.25, -0.2) is 0 Å². The van der Waals surface area contributed by atoms with Crippen molar-refractivity contribution < 1.29 is 24.5 Å². The van der Waals surface area contributed by atoms with E-state index in [0.717, 1.165) is 27.9 Å². The predicted molar refractivity (Wildman–Crippen MR) is 224 cm³/mol. The highest BCUT2D eigenvalue weighted by atomic mass is 16.5. The lowest BCUT2D eigenvalue weighted by Crippen LogP contribution is -2.20. The van der Waals surface area contributed by atoms with E-state index in [0.29, 0.717) is 53.5 Å². The van der Waals surface area contributed by atoms with Gasteiger partial charge >= 0.3 is 0 Å². The number of Topliss-reactive ketones (excluding diaryl/α,β-unsaturated/α-hetero) is 1. The molecule has 1 heterocycles. The molecule has 0 unspecified atom stereocenters. The Morgan fingerprint density at radius 3 is 2.42 bits per heavy atom. The fourth-order valence-electron chi connectivity index (χ4n) is 9.29. The first-order valence-corrected chi connectivity index (χ1v) is 20.8. The minimum Gasteiger partial charge on any atom is -0.508 e. The van der Waals surface area contributed by atoms with E-state index in [-0.39, 0.29) is 41.5 Å². The molecule has 0 spiro atoms. The Morgan fingerprint density at radius 2 is 1.65 bits per heavy atom. The van der Waals surface area contributed by atoms with Crippen LogP contribution >= 0.6 is 0 Å². The van der Waals surface area contributed by atoms with Crippen LogP contribution in [0.3, 0.4) is 0 Å². The number of aromatic nitrogens is 1. The molecule has 2 fully saturated rings. The number of allylic oxidation sites excluding steroid dienone is 2. The number of fused-ring (bicyclic) bond motifs is 2. The Balaban J connectivity index is 1.01. The van der Waals surface area contributed by atoms with Crippen molar-refractivity contribution in [3.8, 4) is 29.1 Å². The molecule has 2 saturated carbocycles. The van der Waals surface area contributed by atoms with Gasteiger partial charge in [-0.05, 0) is 114 Å². The summed E-state index contributed by atoms with van der Waals surface area (Å²) in [6.45, 7) is 2.71. The number of rotatable bonds is 14. The van der Waals surface area contributed by atoms with Gasteiger partial charge in [0.25, 0.3) is 0 Å². The fraction of sp³-hybridized carbons (Fsp3) is 0.429. The number of hydrogen-bond acceptors (Lipinski definition) is 7. The van der Waals surface area contributed by atoms with Crippen molar-refractivity contribution in [1.29, 1.82) is 0 Å². The molecule has 0 aliphatic heterocycles. The normalized spacial score (nSPS) is 18.6. The van der Waals surface area contributed by atoms with Crippen molar-refractivity contribution in [2.24, 2.45) is 22.3 Å². The van der Waals surface area contributed by atoms with E-state index in [2.05, 4.69) is 29.8 Å². The lowest BCUT2D eigenvalue weighted by atomic mass is 9.74. The molecule has 3 aliphatic carbocycles. The molecular formula is C49H57N3O5. The van der Waals surface area contributed by atoms with Crippen LogP contribution in [0.4, 0.5) is 0 Å². The van der Waals surface area contributed by atoms with Crippen molar-refractivity contribution in [2.45, 2.75) is 115 Å². The van der Waals surface area contributed by atoms with E-state index in [4.69, 9.17) is 16.2 Å². The minimum atomic E-state index is -0.683. The van der Waals surface area contributed by atoms with Gasteiger partial charge in [0.2, 0.25) is 0 Å². The van der Waals surface area contributed by atoms with Gasteiger partial charge in [0.05, 0.1) is 19.2 Å². The number of phenolic OH excluding ortho intramolecular Hbond substituents is 2. The molecule has 4 aromatic rings. The highest BCUT2D eigenvalue weighted by Crippen LogP contribution is 2.49. The number of nitrogens with one attached hydrogen (secondary N) is 1.